The van der Waals surface area contributed by atoms with Crippen LogP contribution in [0.15, 0.2) is 59.3 Å². The Morgan fingerprint density at radius 3 is 2.50 bits per heavy atom. The van der Waals surface area contributed by atoms with Crippen LogP contribution in [0.3, 0.4) is 0 Å². The summed E-state index contributed by atoms with van der Waals surface area (Å²) in [6, 6.07) is 15.6. The van der Waals surface area contributed by atoms with Crippen LogP contribution < -0.4 is 4.57 Å². The number of hydrogen-bond acceptors (Lipinski definition) is 2. The highest BCUT2D eigenvalue weighted by molar-refractivity contribution is 6.11. The van der Waals surface area contributed by atoms with E-state index in [1.54, 1.807) is 0 Å². The molecule has 170 valence electrons. The van der Waals surface area contributed by atoms with Gasteiger partial charge in [0, 0.05) is 39.6 Å². The van der Waals surface area contributed by atoms with Gasteiger partial charge in [0.05, 0.1) is 11.3 Å². The topological polar surface area (TPSA) is 29.9 Å². The Labute approximate surface area is 201 Å². The van der Waals surface area contributed by atoms with Crippen LogP contribution in [0, 0.1) is 13.8 Å². The van der Waals surface area contributed by atoms with Gasteiger partial charge in [-0.3, -0.25) is 4.98 Å². The van der Waals surface area contributed by atoms with Crippen LogP contribution in [0.1, 0.15) is 61.6 Å². The SMILES string of the molecule is Cc1c[n+](C)c(-c2c(C)ccc3c2oc2cc4c(cc23)C(C)(C)c2ncccc2-4)cc1C(C)C. The lowest BCUT2D eigenvalue weighted by molar-refractivity contribution is -0.660. The maximum Gasteiger partial charge on any atom is 0.216 e. The summed E-state index contributed by atoms with van der Waals surface area (Å²) >= 11 is 0. The Hall–Kier alpha value is -3.46. The molecule has 3 nitrogen and oxygen atoms in total. The molecular weight excluding hydrogens is 416 g/mol. The van der Waals surface area contributed by atoms with Gasteiger partial charge in [0.1, 0.15) is 18.2 Å². The van der Waals surface area contributed by atoms with Crippen LogP contribution in [-0.2, 0) is 12.5 Å². The monoisotopic (exact) mass is 447 g/mol. The van der Waals surface area contributed by atoms with Gasteiger partial charge in [0.25, 0.3) is 0 Å². The molecule has 34 heavy (non-hydrogen) atoms. The summed E-state index contributed by atoms with van der Waals surface area (Å²) in [6.45, 7) is 13.4. The normalized spacial score (nSPS) is 14.2. The molecule has 0 aliphatic heterocycles. The number of nitrogens with zero attached hydrogens (tertiary/aromatic N) is 2. The van der Waals surface area contributed by atoms with Gasteiger partial charge in [-0.2, -0.15) is 0 Å². The van der Waals surface area contributed by atoms with Gasteiger partial charge in [-0.1, -0.05) is 45.9 Å². The van der Waals surface area contributed by atoms with E-state index in [1.165, 1.54) is 55.4 Å². The molecular formula is C31H31N2O+. The lowest BCUT2D eigenvalue weighted by Gasteiger charge is -2.19. The van der Waals surface area contributed by atoms with Crippen molar-refractivity contribution in [2.75, 3.05) is 0 Å². The van der Waals surface area contributed by atoms with Crippen molar-refractivity contribution in [3.63, 3.8) is 0 Å². The van der Waals surface area contributed by atoms with E-state index in [-0.39, 0.29) is 5.41 Å². The van der Waals surface area contributed by atoms with Crippen molar-refractivity contribution in [3.8, 4) is 22.4 Å². The van der Waals surface area contributed by atoms with E-state index in [0.717, 1.165) is 16.9 Å². The number of furan rings is 1. The average molecular weight is 448 g/mol. The Morgan fingerprint density at radius 1 is 0.941 bits per heavy atom. The van der Waals surface area contributed by atoms with Crippen LogP contribution in [0.5, 0.6) is 0 Å². The van der Waals surface area contributed by atoms with Crippen LogP contribution >= 0.6 is 0 Å². The molecule has 3 heterocycles. The average Bonchev–Trinajstić information content (AvgIpc) is 3.26. The van der Waals surface area contributed by atoms with Gasteiger partial charge in [0.2, 0.25) is 5.69 Å². The Bertz CT molecular complexity index is 1640. The van der Waals surface area contributed by atoms with Gasteiger partial charge < -0.3 is 4.42 Å². The minimum Gasteiger partial charge on any atom is -0.455 e. The molecule has 2 aromatic carbocycles. The largest absolute Gasteiger partial charge is 0.455 e. The Kier molecular flexibility index (Phi) is 4.36. The molecule has 0 spiro atoms. The fourth-order valence-electron chi connectivity index (χ4n) is 5.96. The number of rotatable bonds is 2. The highest BCUT2D eigenvalue weighted by Gasteiger charge is 2.37. The lowest BCUT2D eigenvalue weighted by atomic mass is 9.84. The summed E-state index contributed by atoms with van der Waals surface area (Å²) < 4.78 is 8.92. The van der Waals surface area contributed by atoms with E-state index in [1.807, 2.05) is 12.3 Å². The van der Waals surface area contributed by atoms with Gasteiger partial charge >= 0.3 is 0 Å². The zero-order valence-corrected chi connectivity index (χ0v) is 21.1. The molecule has 0 amide bonds. The lowest BCUT2D eigenvalue weighted by Crippen LogP contribution is -2.32. The van der Waals surface area contributed by atoms with E-state index >= 15 is 0 Å². The predicted molar refractivity (Wildman–Crippen MR) is 139 cm³/mol. The zero-order valence-electron chi connectivity index (χ0n) is 21.1. The van der Waals surface area contributed by atoms with Crippen molar-refractivity contribution in [2.24, 2.45) is 7.05 Å². The summed E-state index contributed by atoms with van der Waals surface area (Å²) in [6.07, 6.45) is 4.14. The zero-order chi connectivity index (χ0) is 23.9. The molecule has 0 fully saturated rings. The van der Waals surface area contributed by atoms with E-state index in [0.29, 0.717) is 5.92 Å². The number of pyridine rings is 2. The molecule has 3 aromatic heterocycles. The number of benzene rings is 2. The molecule has 0 saturated carbocycles. The molecule has 0 radical (unpaired) electrons. The number of aryl methyl sites for hydroxylation is 3. The first kappa shape index (κ1) is 21.1. The van der Waals surface area contributed by atoms with Crippen LogP contribution in [-0.4, -0.2) is 4.98 Å². The van der Waals surface area contributed by atoms with Crippen LogP contribution in [0.25, 0.3) is 44.3 Å². The highest BCUT2D eigenvalue weighted by atomic mass is 16.3. The first-order valence-electron chi connectivity index (χ1n) is 12.1. The standard InChI is InChI=1S/C31H31N2O/c1-17(2)22-14-26(33(7)16-19(22)4)28-18(3)10-11-20-24-13-25-23(15-27(24)34-29(20)28)21-9-8-12-32-30(21)31(25,5)6/h8-17H,1-7H3/q+1. The summed E-state index contributed by atoms with van der Waals surface area (Å²) in [5, 5.41) is 2.35. The van der Waals surface area contributed by atoms with E-state index in [2.05, 4.69) is 95.8 Å². The Morgan fingerprint density at radius 2 is 1.74 bits per heavy atom. The second-order valence-electron chi connectivity index (χ2n) is 10.7. The van der Waals surface area contributed by atoms with Crippen LogP contribution in [0.4, 0.5) is 0 Å². The summed E-state index contributed by atoms with van der Waals surface area (Å²) in [7, 11) is 2.13. The number of aromatic nitrogens is 2. The fourth-order valence-corrected chi connectivity index (χ4v) is 5.96. The molecule has 0 atom stereocenters. The van der Waals surface area contributed by atoms with Gasteiger partial charge in [-0.05, 0) is 60.2 Å². The van der Waals surface area contributed by atoms with E-state index in [9.17, 15) is 0 Å². The van der Waals surface area contributed by atoms with Crippen molar-refractivity contribution in [1.82, 2.24) is 4.98 Å². The second kappa shape index (κ2) is 7.02. The van der Waals surface area contributed by atoms with Crippen molar-refractivity contribution < 1.29 is 8.98 Å². The van der Waals surface area contributed by atoms with E-state index in [4.69, 9.17) is 9.40 Å². The predicted octanol–water partition coefficient (Wildman–Crippen LogP) is 7.52. The smallest absolute Gasteiger partial charge is 0.216 e. The first-order chi connectivity index (χ1) is 16.2. The van der Waals surface area contributed by atoms with Gasteiger partial charge in [0.15, 0.2) is 6.20 Å². The second-order valence-corrected chi connectivity index (χ2v) is 10.7. The molecule has 3 heteroatoms. The molecule has 0 N–H and O–H groups in total. The van der Waals surface area contributed by atoms with Crippen molar-refractivity contribution in [3.05, 3.63) is 82.8 Å². The van der Waals surface area contributed by atoms with Crippen LogP contribution in [0.2, 0.25) is 0 Å². The highest BCUT2D eigenvalue weighted by Crippen LogP contribution is 2.50. The van der Waals surface area contributed by atoms with Crippen molar-refractivity contribution in [2.45, 2.75) is 52.9 Å². The third-order valence-electron chi connectivity index (χ3n) is 7.74. The minimum atomic E-state index is -0.132. The third kappa shape index (κ3) is 2.76. The van der Waals surface area contributed by atoms with E-state index < -0.39 is 0 Å². The van der Waals surface area contributed by atoms with Gasteiger partial charge in [-0.15, -0.1) is 0 Å². The molecule has 1 aliphatic rings. The molecule has 0 saturated heterocycles. The molecule has 1 aliphatic carbocycles. The van der Waals surface area contributed by atoms with Crippen molar-refractivity contribution >= 4 is 21.9 Å². The molecule has 0 unspecified atom stereocenters. The van der Waals surface area contributed by atoms with Crippen molar-refractivity contribution in [1.29, 1.82) is 0 Å². The van der Waals surface area contributed by atoms with Gasteiger partial charge in [-0.25, -0.2) is 4.57 Å². The molecule has 6 rings (SSSR count). The maximum absolute atomic E-state index is 6.68. The molecule has 0 bridgehead atoms. The summed E-state index contributed by atoms with van der Waals surface area (Å²) in [5.74, 6) is 0.467. The summed E-state index contributed by atoms with van der Waals surface area (Å²) in [4.78, 5) is 4.74. The minimum absolute atomic E-state index is 0.132. The quantitative estimate of drug-likeness (QED) is 0.262. The first-order valence-corrected chi connectivity index (χ1v) is 12.1. The Balaban J connectivity index is 1.67. The fraction of sp³-hybridized carbons (Fsp3) is 0.290. The maximum atomic E-state index is 6.68. The third-order valence-corrected chi connectivity index (χ3v) is 7.74. The summed E-state index contributed by atoms with van der Waals surface area (Å²) in [5.41, 5.74) is 13.0. The molecule has 5 aromatic rings. The number of hydrogen-bond donors (Lipinski definition) is 0. The number of fused-ring (bicyclic) bond motifs is 6.